The van der Waals surface area contributed by atoms with Gasteiger partial charge < -0.3 is 32.6 Å². The number of fused-ring (bicyclic) bond motifs is 4. The van der Waals surface area contributed by atoms with Crippen molar-refractivity contribution >= 4 is 200 Å². The Labute approximate surface area is 612 Å². The van der Waals surface area contributed by atoms with Crippen LogP contribution in [0.25, 0.3) is 46.9 Å². The monoisotopic (exact) mass is 1640 g/mol. The van der Waals surface area contributed by atoms with Crippen molar-refractivity contribution in [2.24, 2.45) is 5.73 Å². The Morgan fingerprint density at radius 3 is 1.33 bits per heavy atom. The van der Waals surface area contributed by atoms with Crippen LogP contribution in [0.2, 0.25) is 0 Å². The molecule has 11 aromatic rings. The van der Waals surface area contributed by atoms with E-state index in [1.807, 2.05) is 91.6 Å². The van der Waals surface area contributed by atoms with Gasteiger partial charge in [-0.1, -0.05) is 47.1 Å². The van der Waals surface area contributed by atoms with Gasteiger partial charge in [-0.05, 0) is 147 Å². The number of aliphatic hydroxyl groups excluding tert-OH is 1. The van der Waals surface area contributed by atoms with E-state index in [0.29, 0.717) is 22.7 Å². The van der Waals surface area contributed by atoms with E-state index < -0.39 is 20.1 Å². The number of aldehydes is 1. The molecule has 0 spiro atoms. The van der Waals surface area contributed by atoms with E-state index in [1.54, 1.807) is 29.6 Å². The van der Waals surface area contributed by atoms with Gasteiger partial charge >= 0.3 is 169 Å². The van der Waals surface area contributed by atoms with E-state index in [1.165, 1.54) is 89.8 Å². The van der Waals surface area contributed by atoms with Gasteiger partial charge in [0.25, 0.3) is 0 Å². The first kappa shape index (κ1) is 84.7. The molecular weight excluding hydrogens is 1580 g/mol. The molecule has 4 aromatic heterocycles. The molecule has 15 nitrogen and oxygen atoms in total. The number of carbonyl (C=O) groups is 4. The Morgan fingerprint density at radius 1 is 0.642 bits per heavy atom. The van der Waals surface area contributed by atoms with E-state index >= 15 is 0 Å². The van der Waals surface area contributed by atoms with Gasteiger partial charge in [-0.3, -0.25) is 14.4 Å². The van der Waals surface area contributed by atoms with E-state index in [4.69, 9.17) is 39.5 Å². The number of hydrogen-bond donors (Lipinski definition) is 3. The predicted molar refractivity (Wildman–Crippen MR) is 396 cm³/mol. The van der Waals surface area contributed by atoms with Crippen LogP contribution in [0.5, 0.6) is 0 Å². The molecule has 0 saturated heterocycles. The standard InChI is InChI=1S/C19H17BrP.C11H11NO2S.C10H8BrNS.C9H9NOS.C9H7NOS.C6H4O2.C4H11NS.CO2.BrH.ClH.Mn.2O/c1-21(20,17-11-5-2-6-12-17,18-13-7-3-8-14-18)19-15-9-4-10-16-19;1-3-14-11(13)10-12-8-5-4-7(2)6-9(8)15-10;1-7-2-3-8-9(6-7)13-10(12-8)4-5-11;2*1-6-2-3-7-8(4-6)12-9(5-11)10-7;7-5-1-2-6(8)4-3-5;1-2-4(5)3-6;2-1-3;;;;;/h2-16H,1H2;4-6H,3H2,1-2H3;2-6H,1H3;2-4,11H,5H2,1H3;2-5H,1H3;1-4H;4,6H,2-3,5H2,1H3;;2*1H;;;/q+1;;;;;;;;;;;;/p-1. The first-order valence-corrected chi connectivity index (χ1v) is 38.3. The van der Waals surface area contributed by atoms with Crippen LogP contribution < -0.4 is 38.6 Å². The zero-order valence-corrected chi connectivity index (χ0v) is 64.0. The van der Waals surface area contributed by atoms with Gasteiger partial charge in [0.15, 0.2) is 22.9 Å². The van der Waals surface area contributed by atoms with Crippen LogP contribution in [0.15, 0.2) is 193 Å². The number of ketones is 2. The fraction of sp³-hybridized carbons (Fsp3) is 0.159. The third-order valence-corrected chi connectivity index (χ3v) is 25.1. The number of hydrogen-bond acceptors (Lipinski definition) is 20. The molecule has 3 N–H and O–H groups in total. The molecule has 0 fully saturated rings. The van der Waals surface area contributed by atoms with Gasteiger partial charge in [0, 0.05) is 11.8 Å². The molecule has 0 bridgehead atoms. The molecule has 1 atom stereocenters. The number of allylic oxidation sites excluding steroid dienone is 4. The van der Waals surface area contributed by atoms with E-state index in [0.717, 1.165) is 64.6 Å². The summed E-state index contributed by atoms with van der Waals surface area (Å²) in [6.07, 6.45) is 9.04. The molecule has 0 aliphatic heterocycles. The van der Waals surface area contributed by atoms with Gasteiger partial charge in [0.2, 0.25) is 5.01 Å². The second-order valence-electron chi connectivity index (χ2n) is 19.6. The number of ether oxygens (including phenoxy) is 1. The van der Waals surface area contributed by atoms with Crippen LogP contribution in [0.1, 0.15) is 72.1 Å². The van der Waals surface area contributed by atoms with Gasteiger partial charge in [0.1, 0.15) is 10.0 Å². The average molecular weight is 1650 g/mol. The number of esters is 1. The number of halogens is 4. The molecule has 0 amide bonds. The number of thiol groups is 1. The van der Waals surface area contributed by atoms with Crippen molar-refractivity contribution in [1.29, 1.82) is 0 Å². The minimum atomic E-state index is -2.81. The molecule has 499 valence electrons. The molecule has 95 heavy (non-hydrogen) atoms. The molecule has 1 aliphatic carbocycles. The number of rotatable bonds is 10. The first-order chi connectivity index (χ1) is 44.6. The summed E-state index contributed by atoms with van der Waals surface area (Å²) in [6.45, 7) is 17.2. The second kappa shape index (κ2) is 44.4. The van der Waals surface area contributed by atoms with Crippen molar-refractivity contribution in [1.82, 2.24) is 19.9 Å². The zero-order chi connectivity index (χ0) is 68.4. The van der Waals surface area contributed by atoms with Gasteiger partial charge in [-0.25, -0.2) is 24.7 Å². The Hall–Kier alpha value is -6.40. The third kappa shape index (κ3) is 27.2. The normalized spacial score (nSPS) is 11.5. The summed E-state index contributed by atoms with van der Waals surface area (Å²) < 4.78 is 26.2. The summed E-state index contributed by atoms with van der Waals surface area (Å²) in [5.74, 6) is 0.224. The number of benzene rings is 7. The predicted octanol–water partition coefficient (Wildman–Crippen LogP) is 13.4. The van der Waals surface area contributed by atoms with Crippen molar-refractivity contribution in [3.63, 3.8) is 0 Å². The molecule has 0 radical (unpaired) electrons. The summed E-state index contributed by atoms with van der Waals surface area (Å²) in [4.78, 5) is 77.5. The number of nitrogens with two attached hydrogens (primary N) is 1. The molecular formula is C69H68Br3ClMnN5O10PS5. The summed E-state index contributed by atoms with van der Waals surface area (Å²) in [5, 5.41) is 12.6. The Morgan fingerprint density at radius 2 is 0.989 bits per heavy atom. The molecule has 4 heterocycles. The maximum absolute atomic E-state index is 11.4. The molecule has 26 heteroatoms. The van der Waals surface area contributed by atoms with E-state index in [9.17, 15) is 19.2 Å². The van der Waals surface area contributed by atoms with Crippen molar-refractivity contribution in [3.8, 4) is 0 Å². The van der Waals surface area contributed by atoms with Crippen LogP contribution in [-0.2, 0) is 53.0 Å². The summed E-state index contributed by atoms with van der Waals surface area (Å²) in [6, 6.07) is 56.2. The Kier molecular flexibility index (Phi) is 39.6. The second-order valence-corrected chi connectivity index (χ2v) is 33.5. The average Bonchev–Trinajstić information content (AvgIpc) is 1.47. The van der Waals surface area contributed by atoms with Gasteiger partial charge in [-0.2, -0.15) is 22.2 Å². The molecule has 12 rings (SSSR count). The van der Waals surface area contributed by atoms with Crippen LogP contribution in [0, 0.1) is 34.4 Å². The summed E-state index contributed by atoms with van der Waals surface area (Å²) in [7, 11) is 0. The van der Waals surface area contributed by atoms with Gasteiger partial charge in [-0.15, -0.1) is 57.8 Å². The van der Waals surface area contributed by atoms with Crippen molar-refractivity contribution < 1.29 is 78.1 Å². The number of aryl methyl sites for hydroxylation is 4. The number of aliphatic hydroxyl groups is 1. The topological polar surface area (TPSA) is 244 Å². The Balaban J connectivity index is 0.000000380. The maximum atomic E-state index is 11.4. The van der Waals surface area contributed by atoms with Crippen LogP contribution in [0.4, 0.5) is 0 Å². The van der Waals surface area contributed by atoms with Crippen molar-refractivity contribution in [3.05, 3.63) is 242 Å². The Bertz CT molecular complexity index is 4240. The fourth-order valence-corrected chi connectivity index (χ4v) is 17.8. The number of nitrogens with zero attached hydrogens (tertiary/aromatic N) is 4. The third-order valence-electron chi connectivity index (χ3n) is 12.6. The van der Waals surface area contributed by atoms with Crippen LogP contribution in [0.3, 0.4) is 0 Å². The van der Waals surface area contributed by atoms with Gasteiger partial charge in [0.05, 0.1) is 54.1 Å². The fourth-order valence-electron chi connectivity index (χ4n) is 7.97. The zero-order valence-electron chi connectivity index (χ0n) is 52.2. The molecule has 0 saturated carbocycles. The number of thiazole rings is 4. The molecule has 1 unspecified atom stereocenters. The van der Waals surface area contributed by atoms with E-state index in [-0.39, 0.29) is 59.7 Å². The quantitative estimate of drug-likeness (QED) is 0.0219. The summed E-state index contributed by atoms with van der Waals surface area (Å²) in [5.41, 5.74) is 14.1. The van der Waals surface area contributed by atoms with Crippen molar-refractivity contribution in [2.45, 2.75) is 60.6 Å². The number of carbonyl (C=O) groups excluding carboxylic acids is 6. The van der Waals surface area contributed by atoms with Crippen LogP contribution >= 0.6 is 107 Å². The number of aromatic nitrogens is 4. The summed E-state index contributed by atoms with van der Waals surface area (Å²) >= 11 is 16.0. The van der Waals surface area contributed by atoms with Crippen molar-refractivity contribution in [2.75, 3.05) is 12.4 Å². The van der Waals surface area contributed by atoms with E-state index in [2.05, 4.69) is 182 Å². The first-order valence-electron chi connectivity index (χ1n) is 28.1. The van der Waals surface area contributed by atoms with Crippen LogP contribution in [-0.4, -0.2) is 73.4 Å². The SMILES string of the molecule is CCC(N)CS.CCOC(=O)c1nc2ccc(C)cc2s1.Cc1ccc2nc(C=CBr)sc2c1.Cc1ccc2nc(C=O)sc2c1.Cc1ccc2nc(CO)sc2c1.Cl.O=C1C=CC(=O)C=C1.O=C=O.[Br-].[CH2+]P(Br)(c1ccccc1)(c1ccccc1)c1ccccc1.[O]=[Mn]=[O]. The minimum absolute atomic E-state index is 0. The molecule has 1 aliphatic rings. The molecule has 7 aromatic carbocycles.